The quantitative estimate of drug-likeness (QED) is 0.648. The highest BCUT2D eigenvalue weighted by molar-refractivity contribution is 6.32. The Kier molecular flexibility index (Phi) is 9.15. The molecule has 0 aromatic heterocycles. The van der Waals surface area contributed by atoms with Crippen molar-refractivity contribution in [3.63, 3.8) is 0 Å². The monoisotopic (exact) mass is 396 g/mol. The van der Waals surface area contributed by atoms with Gasteiger partial charge in [0.2, 0.25) is 11.8 Å². The molecule has 0 aliphatic heterocycles. The first kappa shape index (κ1) is 22.8. The number of carbonyl (C=O) groups excluding carboxylic acids is 2. The van der Waals surface area contributed by atoms with Crippen molar-refractivity contribution in [2.75, 3.05) is 20.2 Å². The zero-order chi connectivity index (χ0) is 20.6. The van der Waals surface area contributed by atoms with E-state index in [9.17, 15) is 9.59 Å². The molecule has 27 heavy (non-hydrogen) atoms. The molecule has 0 fully saturated rings. The van der Waals surface area contributed by atoms with Crippen LogP contribution < -0.4 is 14.8 Å². The summed E-state index contributed by atoms with van der Waals surface area (Å²) in [5.41, 5.74) is 0.698. The first-order valence-corrected chi connectivity index (χ1v) is 9.36. The number of likely N-dealkylation sites (N-methyl/N-ethyl adjacent to an activating group) is 1. The summed E-state index contributed by atoms with van der Waals surface area (Å²) < 4.78 is 11.0. The maximum atomic E-state index is 12.4. The van der Waals surface area contributed by atoms with Crippen molar-refractivity contribution >= 4 is 29.5 Å². The van der Waals surface area contributed by atoms with E-state index in [2.05, 4.69) is 5.32 Å². The number of hydrogen-bond donors (Lipinski definition) is 1. The molecule has 1 aromatic rings. The number of ether oxygens (including phenoxy) is 2. The van der Waals surface area contributed by atoms with Crippen molar-refractivity contribution in [2.45, 2.75) is 46.8 Å². The van der Waals surface area contributed by atoms with E-state index in [-0.39, 0.29) is 30.5 Å². The molecule has 1 aromatic carbocycles. The Labute approximate surface area is 166 Å². The van der Waals surface area contributed by atoms with Gasteiger partial charge in [-0.2, -0.15) is 0 Å². The molecular weight excluding hydrogens is 368 g/mol. The van der Waals surface area contributed by atoms with Gasteiger partial charge in [0.1, 0.15) is 0 Å². The third-order valence-electron chi connectivity index (χ3n) is 3.50. The summed E-state index contributed by atoms with van der Waals surface area (Å²) >= 11 is 6.29. The maximum Gasteiger partial charge on any atom is 0.247 e. The predicted octanol–water partition coefficient (Wildman–Crippen LogP) is 3.52. The van der Waals surface area contributed by atoms with Crippen LogP contribution in [0, 0.1) is 0 Å². The number of amides is 2. The normalized spacial score (nSPS) is 11.1. The highest BCUT2D eigenvalue weighted by Crippen LogP contribution is 2.37. The van der Waals surface area contributed by atoms with Gasteiger partial charge in [-0.3, -0.25) is 9.59 Å². The standard InChI is InChI=1S/C20H29ClN2O4/c1-7-23(12-18(24)22-13(2)3)19(25)9-8-15-10-16(21)20(27-14(4)5)17(11-15)26-6/h8-11,13-14H,7,12H2,1-6H3,(H,22,24)/b9-8+. The molecule has 2 amide bonds. The highest BCUT2D eigenvalue weighted by atomic mass is 35.5. The van der Waals surface area contributed by atoms with Crippen LogP contribution in [0.4, 0.5) is 0 Å². The lowest BCUT2D eigenvalue weighted by atomic mass is 10.1. The number of methoxy groups -OCH3 is 1. The molecule has 1 N–H and O–H groups in total. The summed E-state index contributed by atoms with van der Waals surface area (Å²) in [6.07, 6.45) is 3.01. The van der Waals surface area contributed by atoms with Crippen molar-refractivity contribution in [3.8, 4) is 11.5 Å². The van der Waals surface area contributed by atoms with Crippen LogP contribution in [-0.4, -0.2) is 49.1 Å². The number of rotatable bonds is 9. The van der Waals surface area contributed by atoms with Crippen LogP contribution in [0.1, 0.15) is 40.2 Å². The van der Waals surface area contributed by atoms with Crippen molar-refractivity contribution in [3.05, 3.63) is 28.8 Å². The molecule has 7 heteroatoms. The van der Waals surface area contributed by atoms with E-state index in [1.807, 2.05) is 34.6 Å². The van der Waals surface area contributed by atoms with Crippen LogP contribution in [0.5, 0.6) is 11.5 Å². The Morgan fingerprint density at radius 3 is 2.44 bits per heavy atom. The average Bonchev–Trinajstić information content (AvgIpc) is 2.58. The van der Waals surface area contributed by atoms with Crippen LogP contribution in [-0.2, 0) is 9.59 Å². The molecular formula is C20H29ClN2O4. The second kappa shape index (κ2) is 10.8. The van der Waals surface area contributed by atoms with Gasteiger partial charge in [-0.1, -0.05) is 11.6 Å². The van der Waals surface area contributed by atoms with Gasteiger partial charge in [0.15, 0.2) is 11.5 Å². The second-order valence-electron chi connectivity index (χ2n) is 6.61. The number of halogens is 1. The summed E-state index contributed by atoms with van der Waals surface area (Å²) in [7, 11) is 1.53. The first-order valence-electron chi connectivity index (χ1n) is 8.98. The summed E-state index contributed by atoms with van der Waals surface area (Å²) in [5.74, 6) is 0.521. The lowest BCUT2D eigenvalue weighted by Crippen LogP contribution is -2.42. The Morgan fingerprint density at radius 2 is 1.93 bits per heavy atom. The molecule has 0 aliphatic rings. The molecule has 1 rings (SSSR count). The van der Waals surface area contributed by atoms with Gasteiger partial charge in [0.05, 0.1) is 24.8 Å². The van der Waals surface area contributed by atoms with E-state index >= 15 is 0 Å². The van der Waals surface area contributed by atoms with Gasteiger partial charge in [-0.25, -0.2) is 0 Å². The molecule has 6 nitrogen and oxygen atoms in total. The fourth-order valence-electron chi connectivity index (χ4n) is 2.35. The Bertz CT molecular complexity index is 687. The van der Waals surface area contributed by atoms with E-state index in [0.717, 1.165) is 0 Å². The zero-order valence-electron chi connectivity index (χ0n) is 16.8. The van der Waals surface area contributed by atoms with Gasteiger partial charge >= 0.3 is 0 Å². The number of nitrogens with zero attached hydrogens (tertiary/aromatic N) is 1. The second-order valence-corrected chi connectivity index (χ2v) is 7.02. The third kappa shape index (κ3) is 7.51. The molecule has 0 spiro atoms. The lowest BCUT2D eigenvalue weighted by Gasteiger charge is -2.19. The predicted molar refractivity (Wildman–Crippen MR) is 108 cm³/mol. The molecule has 0 aliphatic carbocycles. The molecule has 0 saturated heterocycles. The van der Waals surface area contributed by atoms with Crippen LogP contribution in [0.2, 0.25) is 5.02 Å². The Balaban J connectivity index is 2.92. The van der Waals surface area contributed by atoms with Crippen LogP contribution >= 0.6 is 11.6 Å². The number of hydrogen-bond acceptors (Lipinski definition) is 4. The molecule has 150 valence electrons. The highest BCUT2D eigenvalue weighted by Gasteiger charge is 2.15. The van der Waals surface area contributed by atoms with Crippen molar-refractivity contribution in [1.29, 1.82) is 0 Å². The summed E-state index contributed by atoms with van der Waals surface area (Å²) in [6, 6.07) is 3.48. The third-order valence-corrected chi connectivity index (χ3v) is 3.78. The van der Waals surface area contributed by atoms with Gasteiger partial charge < -0.3 is 19.7 Å². The van der Waals surface area contributed by atoms with Gasteiger partial charge in [0.25, 0.3) is 0 Å². The van der Waals surface area contributed by atoms with E-state index < -0.39 is 0 Å². The molecule has 0 atom stereocenters. The molecule has 0 radical (unpaired) electrons. The summed E-state index contributed by atoms with van der Waals surface area (Å²) in [4.78, 5) is 25.7. The minimum atomic E-state index is -0.256. The van der Waals surface area contributed by atoms with E-state index in [1.54, 1.807) is 18.2 Å². The van der Waals surface area contributed by atoms with E-state index in [4.69, 9.17) is 21.1 Å². The minimum absolute atomic E-state index is 0.0170. The zero-order valence-corrected chi connectivity index (χ0v) is 17.6. The van der Waals surface area contributed by atoms with Crippen molar-refractivity contribution in [2.24, 2.45) is 0 Å². The molecule has 0 heterocycles. The SMILES string of the molecule is CCN(CC(=O)NC(C)C)C(=O)/C=C/c1cc(Cl)c(OC(C)C)c(OC)c1. The first-order chi connectivity index (χ1) is 12.7. The molecule has 0 bridgehead atoms. The van der Waals surface area contributed by atoms with Crippen LogP contribution in [0.25, 0.3) is 6.08 Å². The number of benzene rings is 1. The Hall–Kier alpha value is -2.21. The molecule has 0 saturated carbocycles. The van der Waals surface area contributed by atoms with Crippen molar-refractivity contribution < 1.29 is 19.1 Å². The summed E-state index contributed by atoms with van der Waals surface area (Å²) in [5, 5.41) is 3.18. The average molecular weight is 397 g/mol. The number of nitrogens with one attached hydrogen (secondary N) is 1. The minimum Gasteiger partial charge on any atom is -0.493 e. The largest absolute Gasteiger partial charge is 0.493 e. The maximum absolute atomic E-state index is 12.4. The smallest absolute Gasteiger partial charge is 0.247 e. The fraction of sp³-hybridized carbons (Fsp3) is 0.500. The van der Waals surface area contributed by atoms with E-state index in [0.29, 0.717) is 28.6 Å². The lowest BCUT2D eigenvalue weighted by molar-refractivity contribution is -0.132. The van der Waals surface area contributed by atoms with Crippen molar-refractivity contribution in [1.82, 2.24) is 10.2 Å². The van der Waals surface area contributed by atoms with Crippen LogP contribution in [0.3, 0.4) is 0 Å². The summed E-state index contributed by atoms with van der Waals surface area (Å²) in [6.45, 7) is 9.82. The van der Waals surface area contributed by atoms with Gasteiger partial charge in [-0.05, 0) is 58.4 Å². The van der Waals surface area contributed by atoms with Crippen LogP contribution in [0.15, 0.2) is 18.2 Å². The van der Waals surface area contributed by atoms with Gasteiger partial charge in [0, 0.05) is 18.7 Å². The van der Waals surface area contributed by atoms with E-state index in [1.165, 1.54) is 18.1 Å². The topological polar surface area (TPSA) is 67.9 Å². The number of carbonyl (C=O) groups is 2. The fourth-order valence-corrected chi connectivity index (χ4v) is 2.61. The Morgan fingerprint density at radius 1 is 1.26 bits per heavy atom. The van der Waals surface area contributed by atoms with Gasteiger partial charge in [-0.15, -0.1) is 0 Å². The molecule has 0 unspecified atom stereocenters.